The molecule has 2 aliphatic heterocycles. The fourth-order valence-corrected chi connectivity index (χ4v) is 6.90. The normalized spacial score (nSPS) is 48.9. The zero-order valence-corrected chi connectivity index (χ0v) is 16.8. The van der Waals surface area contributed by atoms with E-state index in [0.29, 0.717) is 24.5 Å². The number of esters is 1. The van der Waals surface area contributed by atoms with Crippen molar-refractivity contribution in [2.45, 2.75) is 58.2 Å². The lowest BCUT2D eigenvalue weighted by molar-refractivity contribution is -0.154. The van der Waals surface area contributed by atoms with Gasteiger partial charge in [0.1, 0.15) is 12.7 Å². The zero-order chi connectivity index (χ0) is 19.4. The lowest BCUT2D eigenvalue weighted by atomic mass is 9.46. The molecule has 27 heavy (non-hydrogen) atoms. The van der Waals surface area contributed by atoms with E-state index in [1.807, 2.05) is 6.08 Å². The van der Waals surface area contributed by atoms with E-state index in [1.54, 1.807) is 0 Å². The van der Waals surface area contributed by atoms with Crippen LogP contribution in [-0.2, 0) is 29.3 Å². The molecule has 0 aromatic carbocycles. The van der Waals surface area contributed by atoms with Gasteiger partial charge in [-0.1, -0.05) is 32.1 Å². The number of rotatable bonds is 2. The summed E-state index contributed by atoms with van der Waals surface area (Å²) in [6.45, 7) is 9.32. The van der Waals surface area contributed by atoms with E-state index < -0.39 is 23.4 Å². The molecule has 4 rings (SSSR count). The van der Waals surface area contributed by atoms with E-state index in [9.17, 15) is 14.1 Å². The highest BCUT2D eigenvalue weighted by Crippen LogP contribution is 2.63. The average Bonchev–Trinajstić information content (AvgIpc) is 2.93. The first kappa shape index (κ1) is 19.3. The molecule has 2 heterocycles. The molecule has 2 aliphatic carbocycles. The molecule has 4 fully saturated rings. The zero-order valence-electron chi connectivity index (χ0n) is 15.9. The van der Waals surface area contributed by atoms with Crippen molar-refractivity contribution in [1.82, 2.24) is 0 Å². The standard InChI is InChI=1S/C20H28O6S/c1-12-4-7-16-19(2,9-8-17-20(16,3)11-25-27(23)26-17)14(12)6-5-13-15(21)10-24-18(13)22/h5,14-17,21H,1,4,6-11H2,2-3H3/b13-5+/t14-,15-,16+,17-,19+,20+,27-/m1/s1. The Labute approximate surface area is 162 Å². The van der Waals surface area contributed by atoms with Crippen molar-refractivity contribution in [3.05, 3.63) is 23.8 Å². The number of carbonyl (C=O) groups is 1. The number of carbonyl (C=O) groups excluding carboxylic acids is 1. The summed E-state index contributed by atoms with van der Waals surface area (Å²) in [5.74, 6) is 0.155. The van der Waals surface area contributed by atoms with E-state index in [4.69, 9.17) is 13.1 Å². The van der Waals surface area contributed by atoms with Crippen molar-refractivity contribution in [3.8, 4) is 0 Å². The van der Waals surface area contributed by atoms with Crippen molar-refractivity contribution in [3.63, 3.8) is 0 Å². The van der Waals surface area contributed by atoms with Crippen LogP contribution in [0.1, 0.15) is 46.0 Å². The number of hydrogen-bond donors (Lipinski definition) is 1. The van der Waals surface area contributed by atoms with E-state index >= 15 is 0 Å². The molecule has 2 saturated heterocycles. The molecular weight excluding hydrogens is 368 g/mol. The van der Waals surface area contributed by atoms with E-state index in [2.05, 4.69) is 20.4 Å². The van der Waals surface area contributed by atoms with E-state index in [-0.39, 0.29) is 29.5 Å². The molecule has 150 valence electrons. The monoisotopic (exact) mass is 396 g/mol. The van der Waals surface area contributed by atoms with Crippen molar-refractivity contribution >= 4 is 17.3 Å². The number of hydrogen-bond acceptors (Lipinski definition) is 6. The molecule has 0 radical (unpaired) electrons. The maximum atomic E-state index is 11.8. The van der Waals surface area contributed by atoms with E-state index in [1.165, 1.54) is 5.57 Å². The minimum absolute atomic E-state index is 0.00332. The smallest absolute Gasteiger partial charge is 0.336 e. The number of fused-ring (bicyclic) bond motifs is 3. The summed E-state index contributed by atoms with van der Waals surface area (Å²) >= 11 is -1.65. The molecule has 2 saturated carbocycles. The SMILES string of the molecule is C=C1CC[C@@H]2[C@]3(C)CO[S@@](=O)O[C@@H]3CC[C@@]2(C)[C@@H]1C/C=C1/C(=O)OC[C@H]1O. The molecule has 6 nitrogen and oxygen atoms in total. The first-order valence-electron chi connectivity index (χ1n) is 9.71. The summed E-state index contributed by atoms with van der Waals surface area (Å²) in [6, 6.07) is 0. The number of ether oxygens (including phenoxy) is 1. The topological polar surface area (TPSA) is 82.1 Å². The van der Waals surface area contributed by atoms with Gasteiger partial charge in [0.2, 0.25) is 0 Å². The van der Waals surface area contributed by atoms with Crippen LogP contribution in [0.5, 0.6) is 0 Å². The fourth-order valence-electron chi connectivity index (χ4n) is 5.98. The third kappa shape index (κ3) is 3.03. The van der Waals surface area contributed by atoms with Crippen LogP contribution in [0.15, 0.2) is 23.8 Å². The van der Waals surface area contributed by atoms with Gasteiger partial charge in [0.25, 0.3) is 0 Å². The van der Waals surface area contributed by atoms with Crippen LogP contribution < -0.4 is 0 Å². The summed E-state index contributed by atoms with van der Waals surface area (Å²) in [5, 5.41) is 9.97. The maximum Gasteiger partial charge on any atom is 0.336 e. The Morgan fingerprint density at radius 2 is 2.11 bits per heavy atom. The highest BCUT2D eigenvalue weighted by Gasteiger charge is 2.60. The minimum Gasteiger partial charge on any atom is -0.459 e. The van der Waals surface area contributed by atoms with Crippen LogP contribution in [0.25, 0.3) is 0 Å². The first-order chi connectivity index (χ1) is 12.8. The third-order valence-corrected chi connectivity index (χ3v) is 8.22. The van der Waals surface area contributed by atoms with Crippen LogP contribution in [0.4, 0.5) is 0 Å². The number of cyclic esters (lactones) is 1. The van der Waals surface area contributed by atoms with Gasteiger partial charge >= 0.3 is 17.3 Å². The summed E-state index contributed by atoms with van der Waals surface area (Å²) in [7, 11) is 0. The van der Waals surface area contributed by atoms with Crippen LogP contribution in [0.2, 0.25) is 0 Å². The molecule has 7 atom stereocenters. The van der Waals surface area contributed by atoms with Crippen molar-refractivity contribution < 1.29 is 27.2 Å². The number of aliphatic hydroxyl groups excluding tert-OH is 1. The molecule has 7 heteroatoms. The van der Waals surface area contributed by atoms with Gasteiger partial charge in [0, 0.05) is 5.41 Å². The Hall–Kier alpha value is -1.02. The Balaban J connectivity index is 1.62. The van der Waals surface area contributed by atoms with Gasteiger partial charge in [-0.15, -0.1) is 0 Å². The van der Waals surface area contributed by atoms with Gasteiger partial charge in [0.05, 0.1) is 18.3 Å². The summed E-state index contributed by atoms with van der Waals surface area (Å²) in [6.07, 6.45) is 5.36. The molecule has 0 aromatic heterocycles. The van der Waals surface area contributed by atoms with Crippen molar-refractivity contribution in [2.75, 3.05) is 13.2 Å². The van der Waals surface area contributed by atoms with Crippen molar-refractivity contribution in [1.29, 1.82) is 0 Å². The highest BCUT2D eigenvalue weighted by atomic mass is 32.2. The molecule has 4 aliphatic rings. The molecular formula is C20H28O6S. The molecule has 0 amide bonds. The van der Waals surface area contributed by atoms with Gasteiger partial charge in [-0.3, -0.25) is 8.37 Å². The largest absolute Gasteiger partial charge is 0.459 e. The summed E-state index contributed by atoms with van der Waals surface area (Å²) < 4.78 is 27.7. The second-order valence-electron chi connectivity index (χ2n) is 8.91. The quantitative estimate of drug-likeness (QED) is 0.439. The second-order valence-corrected chi connectivity index (χ2v) is 9.75. The summed E-state index contributed by atoms with van der Waals surface area (Å²) in [4.78, 5) is 11.8. The minimum atomic E-state index is -1.65. The third-order valence-electron chi connectivity index (χ3n) is 7.52. The molecule has 0 spiro atoms. The lowest BCUT2D eigenvalue weighted by Gasteiger charge is -2.61. The Morgan fingerprint density at radius 1 is 1.33 bits per heavy atom. The van der Waals surface area contributed by atoms with Crippen LogP contribution in [-0.4, -0.2) is 40.7 Å². The molecule has 0 bridgehead atoms. The molecule has 1 N–H and O–H groups in total. The van der Waals surface area contributed by atoms with Gasteiger partial charge in [0.15, 0.2) is 0 Å². The van der Waals surface area contributed by atoms with E-state index in [0.717, 1.165) is 25.7 Å². The van der Waals surface area contributed by atoms with Crippen LogP contribution >= 0.6 is 0 Å². The number of allylic oxidation sites excluding steroid dienone is 2. The molecule has 0 aromatic rings. The fraction of sp³-hybridized carbons (Fsp3) is 0.750. The predicted molar refractivity (Wildman–Crippen MR) is 99.4 cm³/mol. The second kappa shape index (κ2) is 6.79. The van der Waals surface area contributed by atoms with Crippen LogP contribution in [0.3, 0.4) is 0 Å². The summed E-state index contributed by atoms with van der Waals surface area (Å²) in [5.41, 5.74) is 1.39. The Morgan fingerprint density at radius 3 is 2.81 bits per heavy atom. The Bertz CT molecular complexity index is 717. The van der Waals surface area contributed by atoms with Gasteiger partial charge in [-0.05, 0) is 49.4 Å². The lowest BCUT2D eigenvalue weighted by Crippen LogP contribution is -2.60. The van der Waals surface area contributed by atoms with Gasteiger partial charge < -0.3 is 9.84 Å². The molecule has 0 unspecified atom stereocenters. The van der Waals surface area contributed by atoms with Crippen molar-refractivity contribution in [2.24, 2.45) is 22.7 Å². The van der Waals surface area contributed by atoms with Gasteiger partial charge in [-0.25, -0.2) is 4.79 Å². The maximum absolute atomic E-state index is 11.8. The van der Waals surface area contributed by atoms with Crippen LogP contribution in [0, 0.1) is 22.7 Å². The average molecular weight is 397 g/mol. The van der Waals surface area contributed by atoms with Gasteiger partial charge in [-0.2, -0.15) is 4.21 Å². The predicted octanol–water partition coefficient (Wildman–Crippen LogP) is 2.60. The first-order valence-corrected chi connectivity index (χ1v) is 10.7. The highest BCUT2D eigenvalue weighted by molar-refractivity contribution is 7.75. The Kier molecular flexibility index (Phi) is 4.86. The number of aliphatic hydroxyl groups is 1.